The lowest BCUT2D eigenvalue weighted by Gasteiger charge is -2.27. The fraction of sp³-hybridized carbons (Fsp3) is 0.917. The molecule has 1 aliphatic heterocycles. The molecule has 4 heteroatoms. The van der Waals surface area contributed by atoms with Crippen molar-refractivity contribution in [3.8, 4) is 0 Å². The van der Waals surface area contributed by atoms with Gasteiger partial charge in [0.1, 0.15) is 5.78 Å². The van der Waals surface area contributed by atoms with E-state index in [1.54, 1.807) is 0 Å². The highest BCUT2D eigenvalue weighted by molar-refractivity contribution is 5.79. The van der Waals surface area contributed by atoms with Gasteiger partial charge in [0, 0.05) is 52.1 Å². The first-order valence-electron chi connectivity index (χ1n) is 6.23. The van der Waals surface area contributed by atoms with Crippen molar-refractivity contribution in [1.82, 2.24) is 4.90 Å². The van der Waals surface area contributed by atoms with Crippen LogP contribution in [0, 0.1) is 0 Å². The third kappa shape index (κ3) is 5.05. The molecule has 16 heavy (non-hydrogen) atoms. The molecular formula is C12H23NO3. The van der Waals surface area contributed by atoms with Crippen LogP contribution < -0.4 is 0 Å². The zero-order chi connectivity index (χ0) is 11.8. The first kappa shape index (κ1) is 13.6. The number of carbonyl (C=O) groups excluding carboxylic acids is 1. The summed E-state index contributed by atoms with van der Waals surface area (Å²) in [6, 6.07) is 0. The topological polar surface area (TPSA) is 38.8 Å². The van der Waals surface area contributed by atoms with E-state index in [-0.39, 0.29) is 6.29 Å². The van der Waals surface area contributed by atoms with Gasteiger partial charge in [0.05, 0.1) is 0 Å². The number of likely N-dealkylation sites (tertiary alicyclic amines) is 1. The molecule has 0 radical (unpaired) electrons. The number of hydrogen-bond acceptors (Lipinski definition) is 4. The van der Waals surface area contributed by atoms with Crippen molar-refractivity contribution in [2.75, 3.05) is 32.8 Å². The molecule has 0 spiro atoms. The Balaban J connectivity index is 2.18. The molecule has 0 saturated carbocycles. The van der Waals surface area contributed by atoms with Crippen LogP contribution in [0.25, 0.3) is 0 Å². The molecule has 0 aromatic heterocycles. The summed E-state index contributed by atoms with van der Waals surface area (Å²) in [5.74, 6) is 0.391. The molecule has 94 valence electrons. The van der Waals surface area contributed by atoms with Crippen LogP contribution in [-0.2, 0) is 14.3 Å². The maximum Gasteiger partial charge on any atom is 0.158 e. The highest BCUT2D eigenvalue weighted by atomic mass is 16.7. The standard InChI is InChI=1S/C12H23NO3/c1-3-15-12(16-4-2)7-10-13-8-5-11(14)6-9-13/h12H,3-10H2,1-2H3. The van der Waals surface area contributed by atoms with Crippen LogP contribution in [0.5, 0.6) is 0 Å². The van der Waals surface area contributed by atoms with Gasteiger partial charge in [-0.05, 0) is 13.8 Å². The minimum absolute atomic E-state index is 0.0902. The summed E-state index contributed by atoms with van der Waals surface area (Å²) in [4.78, 5) is 13.4. The lowest BCUT2D eigenvalue weighted by molar-refractivity contribution is -0.142. The molecule has 0 N–H and O–H groups in total. The summed E-state index contributed by atoms with van der Waals surface area (Å²) in [5.41, 5.74) is 0. The summed E-state index contributed by atoms with van der Waals surface area (Å²) < 4.78 is 11.0. The zero-order valence-corrected chi connectivity index (χ0v) is 10.4. The third-order valence-electron chi connectivity index (χ3n) is 2.80. The van der Waals surface area contributed by atoms with E-state index >= 15 is 0 Å². The fourth-order valence-electron chi connectivity index (χ4n) is 1.90. The lowest BCUT2D eigenvalue weighted by atomic mass is 10.1. The van der Waals surface area contributed by atoms with E-state index < -0.39 is 0 Å². The van der Waals surface area contributed by atoms with Crippen LogP contribution in [0.2, 0.25) is 0 Å². The summed E-state index contributed by atoms with van der Waals surface area (Å²) in [6.45, 7) is 8.06. The van der Waals surface area contributed by atoms with Crippen molar-refractivity contribution in [3.05, 3.63) is 0 Å². The smallest absolute Gasteiger partial charge is 0.158 e. The molecule has 0 aromatic carbocycles. The Bertz CT molecular complexity index is 192. The van der Waals surface area contributed by atoms with Crippen LogP contribution >= 0.6 is 0 Å². The predicted octanol–water partition coefficient (Wildman–Crippen LogP) is 1.44. The van der Waals surface area contributed by atoms with Crippen LogP contribution in [0.3, 0.4) is 0 Å². The van der Waals surface area contributed by atoms with E-state index in [1.807, 2.05) is 13.8 Å². The Morgan fingerprint density at radius 1 is 1.19 bits per heavy atom. The fourth-order valence-corrected chi connectivity index (χ4v) is 1.90. The summed E-state index contributed by atoms with van der Waals surface area (Å²) in [5, 5.41) is 0. The van der Waals surface area contributed by atoms with E-state index in [2.05, 4.69) is 4.90 Å². The average Bonchev–Trinajstić information content (AvgIpc) is 2.29. The van der Waals surface area contributed by atoms with Gasteiger partial charge in [0.15, 0.2) is 6.29 Å². The SMILES string of the molecule is CCOC(CCN1CCC(=O)CC1)OCC. The third-order valence-corrected chi connectivity index (χ3v) is 2.80. The second-order valence-electron chi connectivity index (χ2n) is 4.01. The Morgan fingerprint density at radius 3 is 2.25 bits per heavy atom. The lowest BCUT2D eigenvalue weighted by Crippen LogP contribution is -2.36. The number of hydrogen-bond donors (Lipinski definition) is 0. The molecule has 0 bridgehead atoms. The Kier molecular flexibility index (Phi) is 6.61. The monoisotopic (exact) mass is 229 g/mol. The van der Waals surface area contributed by atoms with Gasteiger partial charge in [0.25, 0.3) is 0 Å². The maximum atomic E-state index is 11.1. The van der Waals surface area contributed by atoms with Crippen molar-refractivity contribution in [2.45, 2.75) is 39.4 Å². The Hall–Kier alpha value is -0.450. The van der Waals surface area contributed by atoms with Crippen LogP contribution in [-0.4, -0.2) is 49.8 Å². The molecule has 1 aliphatic rings. The molecule has 1 fully saturated rings. The molecule has 1 rings (SSSR count). The van der Waals surface area contributed by atoms with E-state index in [4.69, 9.17) is 9.47 Å². The first-order chi connectivity index (χ1) is 7.76. The van der Waals surface area contributed by atoms with Crippen molar-refractivity contribution >= 4 is 5.78 Å². The number of carbonyl (C=O) groups is 1. The maximum absolute atomic E-state index is 11.1. The number of nitrogens with zero attached hydrogens (tertiary/aromatic N) is 1. The van der Waals surface area contributed by atoms with Crippen LogP contribution in [0.4, 0.5) is 0 Å². The van der Waals surface area contributed by atoms with Crippen LogP contribution in [0.1, 0.15) is 33.1 Å². The van der Waals surface area contributed by atoms with Gasteiger partial charge in [-0.15, -0.1) is 0 Å². The van der Waals surface area contributed by atoms with Gasteiger partial charge in [-0.1, -0.05) is 0 Å². The van der Waals surface area contributed by atoms with Gasteiger partial charge in [-0.2, -0.15) is 0 Å². The summed E-state index contributed by atoms with van der Waals surface area (Å²) in [6.07, 6.45) is 2.20. The van der Waals surface area contributed by atoms with Gasteiger partial charge in [-0.25, -0.2) is 0 Å². The molecule has 1 saturated heterocycles. The largest absolute Gasteiger partial charge is 0.353 e. The van der Waals surface area contributed by atoms with E-state index in [9.17, 15) is 4.79 Å². The van der Waals surface area contributed by atoms with E-state index in [0.717, 1.165) is 26.1 Å². The first-order valence-corrected chi connectivity index (χ1v) is 6.23. The molecule has 0 atom stereocenters. The highest BCUT2D eigenvalue weighted by Crippen LogP contribution is 2.09. The quantitative estimate of drug-likeness (QED) is 0.619. The molecule has 0 amide bonds. The Labute approximate surface area is 97.9 Å². The van der Waals surface area contributed by atoms with Gasteiger partial charge in [-0.3, -0.25) is 4.79 Å². The van der Waals surface area contributed by atoms with Gasteiger partial charge >= 0.3 is 0 Å². The molecule has 0 unspecified atom stereocenters. The van der Waals surface area contributed by atoms with Crippen molar-refractivity contribution in [2.24, 2.45) is 0 Å². The second kappa shape index (κ2) is 7.76. The number of ether oxygens (including phenoxy) is 2. The average molecular weight is 229 g/mol. The minimum Gasteiger partial charge on any atom is -0.353 e. The van der Waals surface area contributed by atoms with Crippen molar-refractivity contribution < 1.29 is 14.3 Å². The van der Waals surface area contributed by atoms with Gasteiger partial charge < -0.3 is 14.4 Å². The molecule has 4 nitrogen and oxygen atoms in total. The highest BCUT2D eigenvalue weighted by Gasteiger charge is 2.17. The molecule has 0 aromatic rings. The number of rotatable bonds is 7. The van der Waals surface area contributed by atoms with Crippen molar-refractivity contribution in [1.29, 1.82) is 0 Å². The van der Waals surface area contributed by atoms with Gasteiger partial charge in [0.2, 0.25) is 0 Å². The molecular weight excluding hydrogens is 206 g/mol. The number of piperidine rings is 1. The normalized spacial score (nSPS) is 18.3. The van der Waals surface area contributed by atoms with E-state index in [1.165, 1.54) is 0 Å². The van der Waals surface area contributed by atoms with E-state index in [0.29, 0.717) is 31.8 Å². The predicted molar refractivity (Wildman–Crippen MR) is 62.3 cm³/mol. The molecule has 0 aliphatic carbocycles. The summed E-state index contributed by atoms with van der Waals surface area (Å²) >= 11 is 0. The second-order valence-corrected chi connectivity index (χ2v) is 4.01. The van der Waals surface area contributed by atoms with Crippen molar-refractivity contribution in [3.63, 3.8) is 0 Å². The molecule has 1 heterocycles. The van der Waals surface area contributed by atoms with Crippen LogP contribution in [0.15, 0.2) is 0 Å². The Morgan fingerprint density at radius 2 is 1.75 bits per heavy atom. The number of ketones is 1. The zero-order valence-electron chi connectivity index (χ0n) is 10.4. The summed E-state index contributed by atoms with van der Waals surface area (Å²) in [7, 11) is 0. The minimum atomic E-state index is -0.0902. The number of Topliss-reactive ketones (excluding diaryl/α,β-unsaturated/α-hetero) is 1.